The Morgan fingerprint density at radius 2 is 1.52 bits per heavy atom. The minimum Gasteiger partial charge on any atom is -0.297 e. The standard InChI is InChI=1S/C22H24F2N2O3/c1-13(2)21(28)20(16-7-5-4-6-8-16)25-14(3)22(29)26-19(27)11-15-9-17(23)12-18(24)10-15/h4-10,12-14,20,25H,11H2,1-3H3,(H,26,27,29)/t14-,20?/m0/s1. The third-order valence-corrected chi connectivity index (χ3v) is 4.35. The molecule has 2 N–H and O–H groups in total. The molecular formula is C22H24F2N2O3. The Labute approximate surface area is 168 Å². The highest BCUT2D eigenvalue weighted by molar-refractivity contribution is 5.98. The lowest BCUT2D eigenvalue weighted by molar-refractivity contribution is -0.131. The van der Waals surface area contributed by atoms with Crippen molar-refractivity contribution in [1.82, 2.24) is 10.6 Å². The largest absolute Gasteiger partial charge is 0.297 e. The van der Waals surface area contributed by atoms with Gasteiger partial charge in [-0.05, 0) is 30.2 Å². The molecule has 2 amide bonds. The Morgan fingerprint density at radius 1 is 0.931 bits per heavy atom. The molecule has 0 bridgehead atoms. The zero-order chi connectivity index (χ0) is 21.6. The summed E-state index contributed by atoms with van der Waals surface area (Å²) >= 11 is 0. The average molecular weight is 402 g/mol. The topological polar surface area (TPSA) is 75.3 Å². The highest BCUT2D eigenvalue weighted by atomic mass is 19.1. The van der Waals surface area contributed by atoms with Gasteiger partial charge in [0.15, 0.2) is 5.78 Å². The van der Waals surface area contributed by atoms with Crippen LogP contribution in [0.5, 0.6) is 0 Å². The molecule has 1 unspecified atom stereocenters. The van der Waals surface area contributed by atoms with Crippen molar-refractivity contribution in [2.24, 2.45) is 5.92 Å². The third kappa shape index (κ3) is 6.57. The van der Waals surface area contributed by atoms with E-state index < -0.39 is 35.5 Å². The number of benzene rings is 2. The average Bonchev–Trinajstić information content (AvgIpc) is 2.64. The molecular weight excluding hydrogens is 378 g/mol. The van der Waals surface area contributed by atoms with Gasteiger partial charge in [-0.15, -0.1) is 0 Å². The Kier molecular flexibility index (Phi) is 7.73. The van der Waals surface area contributed by atoms with E-state index in [1.54, 1.807) is 38.1 Å². The predicted molar refractivity (Wildman–Crippen MR) is 105 cm³/mol. The number of nitrogens with one attached hydrogen (secondary N) is 2. The molecule has 0 aliphatic heterocycles. The maximum atomic E-state index is 13.2. The van der Waals surface area contributed by atoms with Crippen molar-refractivity contribution in [2.75, 3.05) is 0 Å². The maximum Gasteiger partial charge on any atom is 0.243 e. The highest BCUT2D eigenvalue weighted by Crippen LogP contribution is 2.18. The van der Waals surface area contributed by atoms with Gasteiger partial charge in [-0.2, -0.15) is 0 Å². The van der Waals surface area contributed by atoms with E-state index in [-0.39, 0.29) is 23.7 Å². The van der Waals surface area contributed by atoms with Gasteiger partial charge in [0.05, 0.1) is 18.5 Å². The number of amides is 2. The van der Waals surface area contributed by atoms with Crippen LogP contribution in [0, 0.1) is 17.6 Å². The van der Waals surface area contributed by atoms with Crippen molar-refractivity contribution < 1.29 is 23.2 Å². The van der Waals surface area contributed by atoms with Gasteiger partial charge in [0.2, 0.25) is 11.8 Å². The number of imide groups is 1. The minimum atomic E-state index is -0.851. The summed E-state index contributed by atoms with van der Waals surface area (Å²) in [7, 11) is 0. The first kappa shape index (κ1) is 22.4. The van der Waals surface area contributed by atoms with Crippen LogP contribution in [-0.4, -0.2) is 23.6 Å². The lowest BCUT2D eigenvalue weighted by Crippen LogP contribution is -2.48. The SMILES string of the molecule is CC(C)C(=O)C(N[C@@H](C)C(=O)NC(=O)Cc1cc(F)cc(F)c1)c1ccccc1. The molecule has 0 fully saturated rings. The van der Waals surface area contributed by atoms with Crippen LogP contribution < -0.4 is 10.6 Å². The van der Waals surface area contributed by atoms with Gasteiger partial charge in [0.1, 0.15) is 11.6 Å². The van der Waals surface area contributed by atoms with E-state index in [1.807, 2.05) is 6.07 Å². The minimum absolute atomic E-state index is 0.0857. The predicted octanol–water partition coefficient (Wildman–Crippen LogP) is 3.09. The second kappa shape index (κ2) is 10.0. The zero-order valence-electron chi connectivity index (χ0n) is 16.5. The fraction of sp³-hybridized carbons (Fsp3) is 0.318. The van der Waals surface area contributed by atoms with Gasteiger partial charge in [-0.3, -0.25) is 25.0 Å². The summed E-state index contributed by atoms with van der Waals surface area (Å²) in [4.78, 5) is 37.1. The van der Waals surface area contributed by atoms with Gasteiger partial charge in [0.25, 0.3) is 0 Å². The Hall–Kier alpha value is -2.93. The summed E-state index contributed by atoms with van der Waals surface area (Å²) in [5, 5.41) is 5.16. The normalized spacial score (nSPS) is 13.0. The molecule has 154 valence electrons. The summed E-state index contributed by atoms with van der Waals surface area (Å²) in [6.07, 6.45) is -0.347. The summed E-state index contributed by atoms with van der Waals surface area (Å²) in [6, 6.07) is 10.2. The Bertz CT molecular complexity index is 865. The van der Waals surface area contributed by atoms with E-state index in [2.05, 4.69) is 10.6 Å². The lowest BCUT2D eigenvalue weighted by atomic mass is 9.94. The molecule has 2 rings (SSSR count). The second-order valence-corrected chi connectivity index (χ2v) is 7.16. The van der Waals surface area contributed by atoms with Crippen molar-refractivity contribution in [3.8, 4) is 0 Å². The van der Waals surface area contributed by atoms with Crippen molar-refractivity contribution >= 4 is 17.6 Å². The quantitative estimate of drug-likeness (QED) is 0.712. The molecule has 2 aromatic rings. The monoisotopic (exact) mass is 402 g/mol. The molecule has 2 atom stereocenters. The maximum absolute atomic E-state index is 13.2. The van der Waals surface area contributed by atoms with E-state index in [0.717, 1.165) is 12.1 Å². The number of rotatable bonds is 8. The summed E-state index contributed by atoms with van der Waals surface area (Å²) < 4.78 is 26.5. The molecule has 0 aliphatic rings. The highest BCUT2D eigenvalue weighted by Gasteiger charge is 2.27. The van der Waals surface area contributed by atoms with Crippen LogP contribution in [0.2, 0.25) is 0 Å². The van der Waals surface area contributed by atoms with Crippen LogP contribution in [0.3, 0.4) is 0 Å². The number of hydrogen-bond donors (Lipinski definition) is 2. The van der Waals surface area contributed by atoms with Gasteiger partial charge in [-0.1, -0.05) is 44.2 Å². The molecule has 0 aliphatic carbocycles. The first-order valence-electron chi connectivity index (χ1n) is 9.30. The van der Waals surface area contributed by atoms with Crippen molar-refractivity contribution in [1.29, 1.82) is 0 Å². The van der Waals surface area contributed by atoms with Crippen molar-refractivity contribution in [3.63, 3.8) is 0 Å². The molecule has 0 saturated heterocycles. The van der Waals surface area contributed by atoms with Crippen molar-refractivity contribution in [3.05, 3.63) is 71.3 Å². The van der Waals surface area contributed by atoms with Crippen LogP contribution in [-0.2, 0) is 20.8 Å². The molecule has 0 spiro atoms. The van der Waals surface area contributed by atoms with Gasteiger partial charge in [0, 0.05) is 12.0 Å². The van der Waals surface area contributed by atoms with Crippen LogP contribution in [0.4, 0.5) is 8.78 Å². The number of Topliss-reactive ketones (excluding diaryl/α,β-unsaturated/α-hetero) is 1. The van der Waals surface area contributed by atoms with E-state index in [0.29, 0.717) is 11.6 Å². The molecule has 2 aromatic carbocycles. The molecule has 29 heavy (non-hydrogen) atoms. The first-order valence-corrected chi connectivity index (χ1v) is 9.30. The molecule has 0 radical (unpaired) electrons. The smallest absolute Gasteiger partial charge is 0.243 e. The summed E-state index contributed by atoms with van der Waals surface area (Å²) in [5.74, 6) is -3.27. The van der Waals surface area contributed by atoms with E-state index in [9.17, 15) is 23.2 Å². The van der Waals surface area contributed by atoms with E-state index >= 15 is 0 Å². The van der Waals surface area contributed by atoms with E-state index in [1.165, 1.54) is 6.92 Å². The van der Waals surface area contributed by atoms with Gasteiger partial charge < -0.3 is 0 Å². The fourth-order valence-electron chi connectivity index (χ4n) is 2.84. The molecule has 0 heterocycles. The Morgan fingerprint density at radius 3 is 2.07 bits per heavy atom. The fourth-order valence-corrected chi connectivity index (χ4v) is 2.84. The van der Waals surface area contributed by atoms with Crippen LogP contribution in [0.1, 0.15) is 37.9 Å². The Balaban J connectivity index is 2.03. The number of halogens is 2. The van der Waals surface area contributed by atoms with Crippen LogP contribution in [0.25, 0.3) is 0 Å². The van der Waals surface area contributed by atoms with Crippen LogP contribution in [0.15, 0.2) is 48.5 Å². The summed E-state index contributed by atoms with van der Waals surface area (Å²) in [5.41, 5.74) is 0.831. The van der Waals surface area contributed by atoms with Crippen LogP contribution >= 0.6 is 0 Å². The second-order valence-electron chi connectivity index (χ2n) is 7.16. The van der Waals surface area contributed by atoms with Crippen molar-refractivity contribution in [2.45, 2.75) is 39.3 Å². The molecule has 7 heteroatoms. The lowest BCUT2D eigenvalue weighted by Gasteiger charge is -2.23. The zero-order valence-corrected chi connectivity index (χ0v) is 16.5. The molecule has 0 saturated carbocycles. The first-order chi connectivity index (χ1) is 13.7. The number of carbonyl (C=O) groups excluding carboxylic acids is 3. The van der Waals surface area contributed by atoms with Gasteiger partial charge in [-0.25, -0.2) is 8.78 Å². The number of ketones is 1. The van der Waals surface area contributed by atoms with Gasteiger partial charge >= 0.3 is 0 Å². The number of carbonyl (C=O) groups is 3. The molecule has 0 aromatic heterocycles. The molecule has 5 nitrogen and oxygen atoms in total. The third-order valence-electron chi connectivity index (χ3n) is 4.35. The number of hydrogen-bond acceptors (Lipinski definition) is 4. The summed E-state index contributed by atoms with van der Waals surface area (Å²) in [6.45, 7) is 5.08. The van der Waals surface area contributed by atoms with E-state index in [4.69, 9.17) is 0 Å².